The second kappa shape index (κ2) is 6.55. The molecule has 3 N–H and O–H groups in total. The first kappa shape index (κ1) is 13.1. The second-order valence-electron chi connectivity index (χ2n) is 4.05. The van der Waals surface area contributed by atoms with Gasteiger partial charge in [-0.2, -0.15) is 0 Å². The van der Waals surface area contributed by atoms with Crippen molar-refractivity contribution >= 4 is 23.1 Å². The number of nitrogens with one attached hydrogen (secondary N) is 1. The van der Waals surface area contributed by atoms with Gasteiger partial charge in [-0.05, 0) is 39.5 Å². The summed E-state index contributed by atoms with van der Waals surface area (Å²) in [5, 5.41) is 3.63. The molecule has 1 aromatic heterocycles. The Hall–Kier alpha value is -1.00. The molecule has 4 nitrogen and oxygen atoms in total. The average molecular weight is 243 g/mol. The van der Waals surface area contributed by atoms with Gasteiger partial charge in [0.25, 0.3) is 0 Å². The first-order valence-corrected chi connectivity index (χ1v) is 5.77. The molecule has 0 aliphatic rings. The fourth-order valence-corrected chi connectivity index (χ4v) is 1.59. The van der Waals surface area contributed by atoms with Crippen LogP contribution in [0, 0.1) is 0 Å². The molecule has 0 aliphatic carbocycles. The molecule has 0 aliphatic heterocycles. The molecular weight excluding hydrogens is 224 g/mol. The molecule has 1 aromatic rings. The summed E-state index contributed by atoms with van der Waals surface area (Å²) in [5.74, 6) is 0.745. The lowest BCUT2D eigenvalue weighted by atomic mass is 10.3. The van der Waals surface area contributed by atoms with Gasteiger partial charge in [-0.1, -0.05) is 11.6 Å². The van der Waals surface area contributed by atoms with Crippen LogP contribution in [0.4, 0.5) is 11.5 Å². The minimum absolute atomic E-state index is 0.427. The summed E-state index contributed by atoms with van der Waals surface area (Å²) in [7, 11) is 4.15. The van der Waals surface area contributed by atoms with Crippen molar-refractivity contribution in [3.05, 3.63) is 17.3 Å². The van der Waals surface area contributed by atoms with Gasteiger partial charge in [-0.25, -0.2) is 4.98 Å². The number of unbranched alkanes of at least 4 members (excludes halogenated alkanes) is 1. The quantitative estimate of drug-likeness (QED) is 0.592. The van der Waals surface area contributed by atoms with Crippen LogP contribution in [0.25, 0.3) is 0 Å². The monoisotopic (exact) mass is 242 g/mol. The van der Waals surface area contributed by atoms with Crippen LogP contribution < -0.4 is 11.1 Å². The van der Waals surface area contributed by atoms with Crippen LogP contribution in [0.3, 0.4) is 0 Å². The molecule has 0 saturated carbocycles. The Morgan fingerprint density at radius 1 is 1.38 bits per heavy atom. The number of nitrogens with two attached hydrogens (primary N) is 1. The Bertz CT molecular complexity index is 308. The highest BCUT2D eigenvalue weighted by Crippen LogP contribution is 2.15. The van der Waals surface area contributed by atoms with Crippen LogP contribution in [0.2, 0.25) is 5.15 Å². The van der Waals surface area contributed by atoms with Crippen LogP contribution in [0.5, 0.6) is 0 Å². The van der Waals surface area contributed by atoms with E-state index in [1.165, 1.54) is 0 Å². The Morgan fingerprint density at radius 2 is 2.12 bits per heavy atom. The van der Waals surface area contributed by atoms with Crippen molar-refractivity contribution in [1.82, 2.24) is 9.88 Å². The summed E-state index contributed by atoms with van der Waals surface area (Å²) in [6, 6.07) is 3.43. The van der Waals surface area contributed by atoms with Crippen LogP contribution in [-0.4, -0.2) is 37.1 Å². The number of nitrogens with zero attached hydrogens (tertiary/aromatic N) is 2. The topological polar surface area (TPSA) is 54.2 Å². The SMILES string of the molecule is CN(C)CCCCNc1cc(N)cc(Cl)n1. The van der Waals surface area contributed by atoms with Crippen LogP contribution >= 0.6 is 11.6 Å². The number of nitrogen functional groups attached to an aromatic ring is 1. The lowest BCUT2D eigenvalue weighted by Crippen LogP contribution is -2.14. The molecule has 1 heterocycles. The van der Waals surface area contributed by atoms with E-state index in [1.807, 2.05) is 0 Å². The van der Waals surface area contributed by atoms with Gasteiger partial charge < -0.3 is 16.0 Å². The maximum absolute atomic E-state index is 5.79. The van der Waals surface area contributed by atoms with Crippen molar-refractivity contribution in [2.45, 2.75) is 12.8 Å². The van der Waals surface area contributed by atoms with E-state index in [1.54, 1.807) is 12.1 Å². The van der Waals surface area contributed by atoms with E-state index in [0.717, 1.165) is 31.7 Å². The normalized spacial score (nSPS) is 10.8. The van der Waals surface area contributed by atoms with Crippen molar-refractivity contribution in [1.29, 1.82) is 0 Å². The minimum Gasteiger partial charge on any atom is -0.399 e. The molecule has 0 aromatic carbocycles. The summed E-state index contributed by atoms with van der Waals surface area (Å²) in [5.41, 5.74) is 6.29. The van der Waals surface area contributed by atoms with E-state index in [2.05, 4.69) is 29.3 Å². The maximum Gasteiger partial charge on any atom is 0.133 e. The third kappa shape index (κ3) is 5.19. The average Bonchev–Trinajstić information content (AvgIpc) is 2.15. The van der Waals surface area contributed by atoms with E-state index in [4.69, 9.17) is 17.3 Å². The molecule has 0 amide bonds. The molecule has 0 bridgehead atoms. The van der Waals surface area contributed by atoms with Crippen LogP contribution in [-0.2, 0) is 0 Å². The zero-order chi connectivity index (χ0) is 12.0. The van der Waals surface area contributed by atoms with Crippen LogP contribution in [0.15, 0.2) is 12.1 Å². The van der Waals surface area contributed by atoms with Gasteiger partial charge in [0.05, 0.1) is 0 Å². The van der Waals surface area contributed by atoms with Gasteiger partial charge >= 0.3 is 0 Å². The highest BCUT2D eigenvalue weighted by atomic mass is 35.5. The van der Waals surface area contributed by atoms with Gasteiger partial charge in [0, 0.05) is 18.3 Å². The fourth-order valence-electron chi connectivity index (χ4n) is 1.38. The molecule has 1 rings (SSSR count). The van der Waals surface area contributed by atoms with Gasteiger partial charge in [0.1, 0.15) is 11.0 Å². The highest BCUT2D eigenvalue weighted by Gasteiger charge is 1.98. The van der Waals surface area contributed by atoms with Crippen LogP contribution in [0.1, 0.15) is 12.8 Å². The Balaban J connectivity index is 2.26. The first-order valence-electron chi connectivity index (χ1n) is 5.39. The number of aromatic nitrogens is 1. The molecule has 5 heteroatoms. The van der Waals surface area contributed by atoms with Gasteiger partial charge in [0.15, 0.2) is 0 Å². The van der Waals surface area contributed by atoms with Crippen molar-refractivity contribution < 1.29 is 0 Å². The molecule has 0 unspecified atom stereocenters. The molecule has 0 fully saturated rings. The third-order valence-corrected chi connectivity index (χ3v) is 2.35. The smallest absolute Gasteiger partial charge is 0.133 e. The second-order valence-corrected chi connectivity index (χ2v) is 4.43. The largest absolute Gasteiger partial charge is 0.399 e. The molecular formula is C11H19ClN4. The fraction of sp³-hybridized carbons (Fsp3) is 0.545. The Kier molecular flexibility index (Phi) is 5.35. The van der Waals surface area contributed by atoms with Crippen molar-refractivity contribution in [2.75, 3.05) is 38.2 Å². The van der Waals surface area contributed by atoms with Gasteiger partial charge in [-0.15, -0.1) is 0 Å². The van der Waals surface area contributed by atoms with E-state index >= 15 is 0 Å². The highest BCUT2D eigenvalue weighted by molar-refractivity contribution is 6.29. The van der Waals surface area contributed by atoms with E-state index in [-0.39, 0.29) is 0 Å². The standard InChI is InChI=1S/C11H19ClN4/c1-16(2)6-4-3-5-14-11-8-9(13)7-10(12)15-11/h7-8H,3-6H2,1-2H3,(H3,13,14,15). The lowest BCUT2D eigenvalue weighted by molar-refractivity contribution is 0.396. The summed E-state index contributed by atoms with van der Waals surface area (Å²) in [4.78, 5) is 6.31. The summed E-state index contributed by atoms with van der Waals surface area (Å²) < 4.78 is 0. The lowest BCUT2D eigenvalue weighted by Gasteiger charge is -2.10. The van der Waals surface area contributed by atoms with Gasteiger partial charge in [0.2, 0.25) is 0 Å². The van der Waals surface area contributed by atoms with E-state index < -0.39 is 0 Å². The molecule has 0 saturated heterocycles. The Labute approximate surface area is 102 Å². The van der Waals surface area contributed by atoms with Crippen molar-refractivity contribution in [3.63, 3.8) is 0 Å². The summed E-state index contributed by atoms with van der Waals surface area (Å²) >= 11 is 5.79. The minimum atomic E-state index is 0.427. The van der Waals surface area contributed by atoms with Crippen molar-refractivity contribution in [3.8, 4) is 0 Å². The summed E-state index contributed by atoms with van der Waals surface area (Å²) in [6.07, 6.45) is 2.27. The number of pyridine rings is 1. The number of anilines is 2. The third-order valence-electron chi connectivity index (χ3n) is 2.15. The molecule has 90 valence electrons. The number of hydrogen-bond acceptors (Lipinski definition) is 4. The molecule has 0 spiro atoms. The number of hydrogen-bond donors (Lipinski definition) is 2. The molecule has 0 atom stereocenters. The summed E-state index contributed by atoms with van der Waals surface area (Å²) in [6.45, 7) is 1.99. The predicted octanol–water partition coefficient (Wildman–Crippen LogP) is 2.07. The number of rotatable bonds is 6. The van der Waals surface area contributed by atoms with E-state index in [9.17, 15) is 0 Å². The van der Waals surface area contributed by atoms with Gasteiger partial charge in [-0.3, -0.25) is 0 Å². The molecule has 16 heavy (non-hydrogen) atoms. The number of halogens is 1. The zero-order valence-electron chi connectivity index (χ0n) is 9.83. The Morgan fingerprint density at radius 3 is 2.75 bits per heavy atom. The molecule has 0 radical (unpaired) electrons. The zero-order valence-corrected chi connectivity index (χ0v) is 10.6. The predicted molar refractivity (Wildman–Crippen MR) is 69.9 cm³/mol. The maximum atomic E-state index is 5.79. The van der Waals surface area contributed by atoms with E-state index in [0.29, 0.717) is 10.8 Å². The first-order chi connectivity index (χ1) is 7.58. The van der Waals surface area contributed by atoms with Crippen molar-refractivity contribution in [2.24, 2.45) is 0 Å².